The van der Waals surface area contributed by atoms with Crippen molar-refractivity contribution in [1.82, 2.24) is 4.57 Å². The maximum atomic E-state index is 12.0. The highest BCUT2D eigenvalue weighted by Gasteiger charge is 2.25. The predicted octanol–water partition coefficient (Wildman–Crippen LogP) is 3.05. The first kappa shape index (κ1) is 13.3. The van der Waals surface area contributed by atoms with Crippen LogP contribution in [0.25, 0.3) is 0 Å². The fourth-order valence-electron chi connectivity index (χ4n) is 2.67. The number of Topliss-reactive ketones (excluding diaryl/α,β-unsaturated/α-hetero) is 1. The molecule has 0 aliphatic heterocycles. The Labute approximate surface area is 109 Å². The van der Waals surface area contributed by atoms with Crippen LogP contribution in [0.4, 0.5) is 0 Å². The number of ether oxygens (including phenoxy) is 1. The summed E-state index contributed by atoms with van der Waals surface area (Å²) in [5, 5.41) is 0. The average molecular weight is 249 g/mol. The number of nitrogens with zero attached hydrogens (tertiary/aromatic N) is 1. The minimum absolute atomic E-state index is 0.0776. The molecule has 1 aromatic heterocycles. The zero-order valence-corrected chi connectivity index (χ0v) is 11.6. The molecule has 0 bridgehead atoms. The van der Waals surface area contributed by atoms with E-state index >= 15 is 0 Å². The van der Waals surface area contributed by atoms with Gasteiger partial charge in [-0.3, -0.25) is 4.79 Å². The lowest BCUT2D eigenvalue weighted by atomic mass is 9.80. The van der Waals surface area contributed by atoms with Gasteiger partial charge in [0.2, 0.25) is 5.78 Å². The fraction of sp³-hybridized carbons (Fsp3) is 0.667. The maximum Gasteiger partial charge on any atom is 0.204 e. The van der Waals surface area contributed by atoms with E-state index in [4.69, 9.17) is 4.74 Å². The Balaban J connectivity index is 1.82. The Morgan fingerprint density at radius 2 is 2.17 bits per heavy atom. The van der Waals surface area contributed by atoms with Crippen molar-refractivity contribution in [2.75, 3.05) is 6.61 Å². The van der Waals surface area contributed by atoms with Gasteiger partial charge in [-0.1, -0.05) is 13.8 Å². The Hall–Kier alpha value is -1.09. The van der Waals surface area contributed by atoms with Gasteiger partial charge in [-0.25, -0.2) is 0 Å². The molecule has 3 nitrogen and oxygen atoms in total. The van der Waals surface area contributed by atoms with Crippen LogP contribution < -0.4 is 0 Å². The van der Waals surface area contributed by atoms with Crippen molar-refractivity contribution < 1.29 is 9.53 Å². The van der Waals surface area contributed by atoms with Crippen molar-refractivity contribution in [3.8, 4) is 0 Å². The van der Waals surface area contributed by atoms with E-state index in [1.54, 1.807) is 0 Å². The van der Waals surface area contributed by atoms with Crippen LogP contribution in [0.15, 0.2) is 18.3 Å². The van der Waals surface area contributed by atoms with Gasteiger partial charge in [0.15, 0.2) is 0 Å². The van der Waals surface area contributed by atoms with Crippen LogP contribution >= 0.6 is 0 Å². The second-order valence-electron chi connectivity index (χ2n) is 5.63. The van der Waals surface area contributed by atoms with Crippen LogP contribution in [0.2, 0.25) is 0 Å². The summed E-state index contributed by atoms with van der Waals surface area (Å²) >= 11 is 0. The summed E-state index contributed by atoms with van der Waals surface area (Å²) in [7, 11) is 1.89. The van der Waals surface area contributed by atoms with E-state index in [1.165, 1.54) is 6.42 Å². The van der Waals surface area contributed by atoms with E-state index in [0.717, 1.165) is 24.5 Å². The molecule has 0 N–H and O–H groups in total. The third-order valence-electron chi connectivity index (χ3n) is 4.23. The third kappa shape index (κ3) is 3.02. The van der Waals surface area contributed by atoms with Crippen molar-refractivity contribution in [3.63, 3.8) is 0 Å². The standard InChI is InChI=1S/C15H23NO2/c1-11-6-7-13(9-12(11)2)18-10-15(17)14-5-4-8-16(14)3/h4-5,8,11-13H,6-7,9-10H2,1-3H3. The molecule has 1 aliphatic rings. The average Bonchev–Trinajstić information content (AvgIpc) is 2.77. The van der Waals surface area contributed by atoms with Gasteiger partial charge < -0.3 is 9.30 Å². The molecule has 0 spiro atoms. The minimum atomic E-state index is 0.0776. The lowest BCUT2D eigenvalue weighted by Gasteiger charge is -2.31. The van der Waals surface area contributed by atoms with E-state index in [-0.39, 0.29) is 18.5 Å². The molecular formula is C15H23NO2. The second-order valence-corrected chi connectivity index (χ2v) is 5.63. The van der Waals surface area contributed by atoms with Crippen molar-refractivity contribution in [2.45, 2.75) is 39.2 Å². The topological polar surface area (TPSA) is 31.2 Å². The van der Waals surface area contributed by atoms with E-state index in [0.29, 0.717) is 5.92 Å². The molecule has 18 heavy (non-hydrogen) atoms. The molecule has 2 rings (SSSR count). The van der Waals surface area contributed by atoms with Crippen LogP contribution in [0.3, 0.4) is 0 Å². The van der Waals surface area contributed by atoms with Crippen molar-refractivity contribution in [2.24, 2.45) is 18.9 Å². The van der Waals surface area contributed by atoms with E-state index < -0.39 is 0 Å². The zero-order chi connectivity index (χ0) is 13.1. The summed E-state index contributed by atoms with van der Waals surface area (Å²) in [6.07, 6.45) is 5.54. The summed E-state index contributed by atoms with van der Waals surface area (Å²) in [4.78, 5) is 12.0. The second kappa shape index (κ2) is 5.70. The number of aryl methyl sites for hydroxylation is 1. The molecule has 3 heteroatoms. The first-order valence-electron chi connectivity index (χ1n) is 6.84. The van der Waals surface area contributed by atoms with Crippen LogP contribution in [-0.4, -0.2) is 23.1 Å². The van der Waals surface area contributed by atoms with Gasteiger partial charge in [-0.05, 0) is 43.2 Å². The molecule has 100 valence electrons. The molecule has 0 saturated heterocycles. The van der Waals surface area contributed by atoms with Gasteiger partial charge >= 0.3 is 0 Å². The number of aromatic nitrogens is 1. The quantitative estimate of drug-likeness (QED) is 0.768. The lowest BCUT2D eigenvalue weighted by molar-refractivity contribution is 0.00679. The molecule has 1 aromatic rings. The van der Waals surface area contributed by atoms with Crippen molar-refractivity contribution in [1.29, 1.82) is 0 Å². The molecular weight excluding hydrogens is 226 g/mol. The fourth-order valence-corrected chi connectivity index (χ4v) is 2.67. The molecule has 1 heterocycles. The number of carbonyl (C=O) groups excluding carboxylic acids is 1. The Bertz CT molecular complexity index is 410. The molecule has 1 aliphatic carbocycles. The SMILES string of the molecule is CC1CCC(OCC(=O)c2cccn2C)CC1C. The van der Waals surface area contributed by atoms with Crippen molar-refractivity contribution >= 4 is 5.78 Å². The monoisotopic (exact) mass is 249 g/mol. The predicted molar refractivity (Wildman–Crippen MR) is 71.7 cm³/mol. The molecule has 0 aromatic carbocycles. The molecule has 1 saturated carbocycles. The Kier molecular flexibility index (Phi) is 4.23. The maximum absolute atomic E-state index is 12.0. The van der Waals surface area contributed by atoms with Gasteiger partial charge in [0.25, 0.3) is 0 Å². The third-order valence-corrected chi connectivity index (χ3v) is 4.23. The number of carbonyl (C=O) groups is 1. The van der Waals surface area contributed by atoms with Gasteiger partial charge in [-0.15, -0.1) is 0 Å². The van der Waals surface area contributed by atoms with Crippen LogP contribution in [0.5, 0.6) is 0 Å². The summed E-state index contributed by atoms with van der Waals surface area (Å²) in [6.45, 7) is 4.79. The minimum Gasteiger partial charge on any atom is -0.370 e. The summed E-state index contributed by atoms with van der Waals surface area (Å²) < 4.78 is 7.62. The van der Waals surface area contributed by atoms with E-state index in [9.17, 15) is 4.79 Å². The number of hydrogen-bond acceptors (Lipinski definition) is 2. The first-order valence-corrected chi connectivity index (χ1v) is 6.84. The molecule has 3 unspecified atom stereocenters. The number of hydrogen-bond donors (Lipinski definition) is 0. The summed E-state index contributed by atoms with van der Waals surface area (Å²) in [5.74, 6) is 1.57. The van der Waals surface area contributed by atoms with Gasteiger partial charge in [-0.2, -0.15) is 0 Å². The van der Waals surface area contributed by atoms with E-state index in [1.807, 2.05) is 29.9 Å². The molecule has 0 radical (unpaired) electrons. The Morgan fingerprint density at radius 1 is 1.39 bits per heavy atom. The smallest absolute Gasteiger partial charge is 0.204 e. The highest BCUT2D eigenvalue weighted by atomic mass is 16.5. The summed E-state index contributed by atoms with van der Waals surface area (Å²) in [5.41, 5.74) is 0.729. The zero-order valence-electron chi connectivity index (χ0n) is 11.6. The van der Waals surface area contributed by atoms with Gasteiger partial charge in [0.1, 0.15) is 6.61 Å². The normalized spacial score (nSPS) is 28.3. The largest absolute Gasteiger partial charge is 0.370 e. The highest BCUT2D eigenvalue weighted by Crippen LogP contribution is 2.30. The molecule has 3 atom stereocenters. The highest BCUT2D eigenvalue weighted by molar-refractivity contribution is 5.95. The van der Waals surface area contributed by atoms with Crippen LogP contribution in [-0.2, 0) is 11.8 Å². The number of rotatable bonds is 4. The molecule has 1 fully saturated rings. The first-order chi connectivity index (χ1) is 8.58. The van der Waals surface area contributed by atoms with E-state index in [2.05, 4.69) is 13.8 Å². The van der Waals surface area contributed by atoms with Gasteiger partial charge in [0.05, 0.1) is 11.8 Å². The number of ketones is 1. The van der Waals surface area contributed by atoms with Gasteiger partial charge in [0, 0.05) is 13.2 Å². The van der Waals surface area contributed by atoms with Crippen molar-refractivity contribution in [3.05, 3.63) is 24.0 Å². The molecule has 0 amide bonds. The van der Waals surface area contributed by atoms with Crippen LogP contribution in [0.1, 0.15) is 43.6 Å². The van der Waals surface area contributed by atoms with Crippen LogP contribution in [0, 0.1) is 11.8 Å². The Morgan fingerprint density at radius 3 is 2.78 bits per heavy atom. The lowest BCUT2D eigenvalue weighted by Crippen LogP contribution is -2.28. The summed E-state index contributed by atoms with van der Waals surface area (Å²) in [6, 6.07) is 3.73.